The number of para-hydroxylation sites is 2. The lowest BCUT2D eigenvalue weighted by atomic mass is 10.2. The summed E-state index contributed by atoms with van der Waals surface area (Å²) in [5.74, 6) is 1.36. The van der Waals surface area contributed by atoms with Gasteiger partial charge in [0.2, 0.25) is 0 Å². The molecule has 1 unspecified atom stereocenters. The lowest BCUT2D eigenvalue weighted by Crippen LogP contribution is -2.18. The normalized spacial score (nSPS) is 12.6. The minimum atomic E-state index is -0.518. The van der Waals surface area contributed by atoms with E-state index < -0.39 is 6.10 Å². The fourth-order valence-electron chi connectivity index (χ4n) is 4.03. The van der Waals surface area contributed by atoms with Gasteiger partial charge in [0.25, 0.3) is 0 Å². The molecule has 0 radical (unpaired) electrons. The Morgan fingerprint density at radius 3 is 2.16 bits per heavy atom. The molecule has 31 heavy (non-hydrogen) atoms. The van der Waals surface area contributed by atoms with Crippen LogP contribution in [-0.2, 0) is 13.1 Å². The van der Waals surface area contributed by atoms with Crippen molar-refractivity contribution >= 4 is 33.6 Å². The van der Waals surface area contributed by atoms with Crippen LogP contribution in [0.15, 0.2) is 78.2 Å². The van der Waals surface area contributed by atoms with Crippen molar-refractivity contribution in [3.05, 3.63) is 73.1 Å². The molecule has 0 amide bonds. The van der Waals surface area contributed by atoms with Gasteiger partial charge in [-0.1, -0.05) is 48.2 Å². The number of nitrogens with zero attached hydrogens (tertiary/aromatic N) is 5. The lowest BCUT2D eigenvalue weighted by molar-refractivity contribution is 0.181. The van der Waals surface area contributed by atoms with Crippen molar-refractivity contribution in [2.24, 2.45) is 0 Å². The summed E-state index contributed by atoms with van der Waals surface area (Å²) < 4.78 is 4.29. The summed E-state index contributed by atoms with van der Waals surface area (Å²) in [7, 11) is 0. The summed E-state index contributed by atoms with van der Waals surface area (Å²) in [6.07, 6.45) is 2.99. The first-order chi connectivity index (χ1) is 15.3. The third kappa shape index (κ3) is 3.71. The number of benzene rings is 2. The molecule has 7 heteroatoms. The standard InChI is InChI=1S/C24H23N5OS/c1-2-28-23(17-11-13-25-14-12-17)26-27-24(28)31-16-18(30)15-29-21-9-5-3-7-19(21)20-8-4-6-10-22(20)29/h3-14,18,30H,2,15-16H2,1H3. The monoisotopic (exact) mass is 429 g/mol. The molecule has 6 nitrogen and oxygen atoms in total. The predicted molar refractivity (Wildman–Crippen MR) is 125 cm³/mol. The zero-order valence-corrected chi connectivity index (χ0v) is 18.0. The van der Waals surface area contributed by atoms with Gasteiger partial charge in [-0.2, -0.15) is 0 Å². The summed E-state index contributed by atoms with van der Waals surface area (Å²) in [5.41, 5.74) is 3.27. The number of hydrogen-bond acceptors (Lipinski definition) is 5. The van der Waals surface area contributed by atoms with Crippen molar-refractivity contribution in [2.45, 2.75) is 31.3 Å². The number of aliphatic hydroxyl groups excluding tert-OH is 1. The molecule has 0 spiro atoms. The highest BCUT2D eigenvalue weighted by Gasteiger charge is 2.17. The summed E-state index contributed by atoms with van der Waals surface area (Å²) in [6.45, 7) is 3.36. The molecule has 0 aliphatic carbocycles. The zero-order valence-electron chi connectivity index (χ0n) is 17.2. The highest BCUT2D eigenvalue weighted by atomic mass is 32.2. The van der Waals surface area contributed by atoms with Gasteiger partial charge in [-0.25, -0.2) is 0 Å². The van der Waals surface area contributed by atoms with Crippen molar-refractivity contribution in [3.8, 4) is 11.4 Å². The number of aliphatic hydroxyl groups is 1. The van der Waals surface area contributed by atoms with E-state index in [0.29, 0.717) is 12.3 Å². The van der Waals surface area contributed by atoms with Crippen LogP contribution in [-0.4, -0.2) is 41.3 Å². The third-order valence-electron chi connectivity index (χ3n) is 5.45. The first kappa shape index (κ1) is 19.8. The SMILES string of the molecule is CCn1c(SCC(O)Cn2c3ccccc3c3ccccc32)nnc1-c1ccncc1. The lowest BCUT2D eigenvalue weighted by Gasteiger charge is -2.14. The highest BCUT2D eigenvalue weighted by molar-refractivity contribution is 7.99. The Morgan fingerprint density at radius 1 is 0.871 bits per heavy atom. The fraction of sp³-hybridized carbons (Fsp3) is 0.208. The summed E-state index contributed by atoms with van der Waals surface area (Å²) in [5, 5.41) is 22.9. The molecule has 0 fully saturated rings. The first-order valence-electron chi connectivity index (χ1n) is 10.4. The van der Waals surface area contributed by atoms with Crippen LogP contribution in [0.4, 0.5) is 0 Å². The van der Waals surface area contributed by atoms with E-state index >= 15 is 0 Å². The number of hydrogen-bond donors (Lipinski definition) is 1. The Hall–Kier alpha value is -3.16. The molecule has 3 aromatic heterocycles. The Labute approximate surface area is 184 Å². The minimum absolute atomic E-state index is 0.518. The van der Waals surface area contributed by atoms with Crippen molar-refractivity contribution in [2.75, 3.05) is 5.75 Å². The van der Waals surface area contributed by atoms with Crippen molar-refractivity contribution < 1.29 is 5.11 Å². The van der Waals surface area contributed by atoms with Crippen LogP contribution >= 0.6 is 11.8 Å². The van der Waals surface area contributed by atoms with Crippen LogP contribution in [0.3, 0.4) is 0 Å². The number of fused-ring (bicyclic) bond motifs is 3. The molecule has 1 N–H and O–H groups in total. The van der Waals surface area contributed by atoms with Gasteiger partial charge in [-0.3, -0.25) is 4.98 Å². The molecule has 5 aromatic rings. The quantitative estimate of drug-likeness (QED) is 0.382. The van der Waals surface area contributed by atoms with Crippen molar-refractivity contribution in [1.29, 1.82) is 0 Å². The van der Waals surface area contributed by atoms with E-state index in [1.165, 1.54) is 22.5 Å². The molecular weight excluding hydrogens is 406 g/mol. The van der Waals surface area contributed by atoms with Crippen LogP contribution in [0.5, 0.6) is 0 Å². The molecule has 3 heterocycles. The largest absolute Gasteiger partial charge is 0.390 e. The van der Waals surface area contributed by atoms with Gasteiger partial charge in [-0.15, -0.1) is 10.2 Å². The van der Waals surface area contributed by atoms with Crippen LogP contribution < -0.4 is 0 Å². The zero-order chi connectivity index (χ0) is 21.2. The molecule has 0 bridgehead atoms. The predicted octanol–water partition coefficient (Wildman–Crippen LogP) is 4.62. The molecule has 1 atom stereocenters. The summed E-state index contributed by atoms with van der Waals surface area (Å²) in [4.78, 5) is 4.07. The third-order valence-corrected chi connectivity index (χ3v) is 6.56. The average Bonchev–Trinajstić information content (AvgIpc) is 3.38. The second-order valence-corrected chi connectivity index (χ2v) is 8.38. The maximum atomic E-state index is 10.9. The average molecular weight is 430 g/mol. The van der Waals surface area contributed by atoms with Crippen molar-refractivity contribution in [3.63, 3.8) is 0 Å². The number of pyridine rings is 1. The maximum absolute atomic E-state index is 10.9. The molecule has 0 saturated heterocycles. The Balaban J connectivity index is 1.37. The molecule has 5 rings (SSSR count). The van der Waals surface area contributed by atoms with Crippen LogP contribution in [0, 0.1) is 0 Å². The number of aromatic nitrogens is 5. The van der Waals surface area contributed by atoms with E-state index in [-0.39, 0.29) is 0 Å². The second-order valence-electron chi connectivity index (χ2n) is 7.40. The van der Waals surface area contributed by atoms with Crippen molar-refractivity contribution in [1.82, 2.24) is 24.3 Å². The van der Waals surface area contributed by atoms with Gasteiger partial charge >= 0.3 is 0 Å². The van der Waals surface area contributed by atoms with Gasteiger partial charge in [0.15, 0.2) is 11.0 Å². The number of rotatable bonds is 7. The Kier molecular flexibility index (Phi) is 5.44. The van der Waals surface area contributed by atoms with Gasteiger partial charge in [0, 0.05) is 52.1 Å². The van der Waals surface area contributed by atoms with Gasteiger partial charge in [0.1, 0.15) is 0 Å². The molecule has 0 aliphatic heterocycles. The maximum Gasteiger partial charge on any atom is 0.191 e. The van der Waals surface area contributed by atoms with E-state index in [0.717, 1.165) is 34.1 Å². The molecule has 156 valence electrons. The highest BCUT2D eigenvalue weighted by Crippen LogP contribution is 2.30. The van der Waals surface area contributed by atoms with Gasteiger partial charge in [0.05, 0.1) is 12.6 Å². The van der Waals surface area contributed by atoms with Crippen LogP contribution in [0.2, 0.25) is 0 Å². The molecule has 0 aliphatic rings. The Morgan fingerprint density at radius 2 is 1.52 bits per heavy atom. The van der Waals surface area contributed by atoms with Crippen LogP contribution in [0.1, 0.15) is 6.92 Å². The fourth-order valence-corrected chi connectivity index (χ4v) is 4.95. The summed E-state index contributed by atoms with van der Waals surface area (Å²) >= 11 is 1.54. The van der Waals surface area contributed by atoms with E-state index in [9.17, 15) is 5.11 Å². The van der Waals surface area contributed by atoms with E-state index in [4.69, 9.17) is 0 Å². The van der Waals surface area contributed by atoms with Gasteiger partial charge < -0.3 is 14.2 Å². The van der Waals surface area contributed by atoms with Crippen LogP contribution in [0.25, 0.3) is 33.2 Å². The molecule has 0 saturated carbocycles. The van der Waals surface area contributed by atoms with E-state index in [2.05, 4.69) is 67.6 Å². The molecule has 2 aromatic carbocycles. The van der Waals surface area contributed by atoms with Gasteiger partial charge in [-0.05, 0) is 31.2 Å². The summed E-state index contributed by atoms with van der Waals surface area (Å²) in [6, 6.07) is 20.6. The molecular formula is C24H23N5OS. The first-order valence-corrected chi connectivity index (χ1v) is 11.3. The Bertz CT molecular complexity index is 1270. The second kappa shape index (κ2) is 8.53. The topological polar surface area (TPSA) is 68.8 Å². The van der Waals surface area contributed by atoms with E-state index in [1.807, 2.05) is 24.3 Å². The number of thioether (sulfide) groups is 1. The van der Waals surface area contributed by atoms with E-state index in [1.54, 1.807) is 12.4 Å². The minimum Gasteiger partial charge on any atom is -0.390 e. The smallest absolute Gasteiger partial charge is 0.191 e.